The molecule has 1 saturated carbocycles. The highest BCUT2D eigenvalue weighted by molar-refractivity contribution is 7.99. The number of thioether (sulfide) groups is 1. The molecule has 1 aromatic carbocycles. The van der Waals surface area contributed by atoms with Crippen LogP contribution >= 0.6 is 11.8 Å². The number of anilines is 1. The summed E-state index contributed by atoms with van der Waals surface area (Å²) in [5, 5.41) is 6.24. The lowest BCUT2D eigenvalue weighted by Crippen LogP contribution is -2.60. The van der Waals surface area contributed by atoms with Crippen molar-refractivity contribution in [1.82, 2.24) is 15.3 Å². The maximum atomic E-state index is 14.9. The minimum absolute atomic E-state index is 0.0753. The van der Waals surface area contributed by atoms with Gasteiger partial charge in [-0.3, -0.25) is 10.1 Å². The predicted octanol–water partition coefficient (Wildman–Crippen LogP) is 2.83. The number of benzene rings is 1. The van der Waals surface area contributed by atoms with E-state index in [0.717, 1.165) is 31.4 Å². The van der Waals surface area contributed by atoms with Crippen LogP contribution in [0.1, 0.15) is 41.9 Å². The van der Waals surface area contributed by atoms with Gasteiger partial charge in [-0.1, -0.05) is 12.8 Å². The number of hydrogen-bond acceptors (Lipinski definition) is 6. The second kappa shape index (κ2) is 7.53. The van der Waals surface area contributed by atoms with Gasteiger partial charge in [0.15, 0.2) is 0 Å². The van der Waals surface area contributed by atoms with Gasteiger partial charge in [0.05, 0.1) is 5.54 Å². The molecule has 142 valence electrons. The number of fused-ring (bicyclic) bond motifs is 1. The summed E-state index contributed by atoms with van der Waals surface area (Å²) in [6.45, 7) is 0. The lowest BCUT2D eigenvalue weighted by atomic mass is 9.69. The van der Waals surface area contributed by atoms with E-state index in [9.17, 15) is 9.18 Å². The van der Waals surface area contributed by atoms with Crippen molar-refractivity contribution in [1.29, 1.82) is 0 Å². The van der Waals surface area contributed by atoms with Gasteiger partial charge in [-0.2, -0.15) is 0 Å². The van der Waals surface area contributed by atoms with Gasteiger partial charge in [0.1, 0.15) is 11.3 Å². The smallest absolute Gasteiger partial charge is 0.293 e. The molecule has 2 aromatic rings. The Labute approximate surface area is 161 Å². The first kappa shape index (κ1) is 18.3. The van der Waals surface area contributed by atoms with Crippen molar-refractivity contribution in [3.8, 4) is 0 Å². The van der Waals surface area contributed by atoms with Crippen LogP contribution in [0.3, 0.4) is 0 Å². The second-order valence-electron chi connectivity index (χ2n) is 7.03. The normalized spacial score (nSPS) is 27.6. The first-order valence-electron chi connectivity index (χ1n) is 9.12. The monoisotopic (exact) mass is 387 g/mol. The highest BCUT2D eigenvalue weighted by Crippen LogP contribution is 2.47. The van der Waals surface area contributed by atoms with E-state index in [-0.39, 0.29) is 17.1 Å². The number of hydrogen-bond donors (Lipinski definition) is 3. The average molecular weight is 387 g/mol. The van der Waals surface area contributed by atoms with Crippen LogP contribution in [0, 0.1) is 11.7 Å². The zero-order valence-electron chi connectivity index (χ0n) is 14.8. The van der Waals surface area contributed by atoms with E-state index in [1.165, 1.54) is 18.5 Å². The van der Waals surface area contributed by atoms with Crippen molar-refractivity contribution in [2.24, 2.45) is 11.7 Å². The Morgan fingerprint density at radius 1 is 1.33 bits per heavy atom. The molecule has 6 nitrogen and oxygen atoms in total. The summed E-state index contributed by atoms with van der Waals surface area (Å²) in [6.07, 6.45) is 7.06. The molecule has 3 unspecified atom stereocenters. The highest BCUT2D eigenvalue weighted by atomic mass is 32.2. The molecule has 8 heteroatoms. The Morgan fingerprint density at radius 3 is 2.96 bits per heavy atom. The minimum atomic E-state index is -0.489. The third kappa shape index (κ3) is 3.56. The quantitative estimate of drug-likeness (QED) is 0.750. The van der Waals surface area contributed by atoms with Gasteiger partial charge in [-0.25, -0.2) is 14.4 Å². The molecule has 1 amide bonds. The molecular weight excluding hydrogens is 365 g/mol. The van der Waals surface area contributed by atoms with Crippen molar-refractivity contribution in [2.45, 2.75) is 36.7 Å². The molecule has 4 rings (SSSR count). The molecule has 2 heterocycles. The van der Waals surface area contributed by atoms with E-state index in [1.54, 1.807) is 30.0 Å². The molecule has 27 heavy (non-hydrogen) atoms. The van der Waals surface area contributed by atoms with Gasteiger partial charge in [0, 0.05) is 29.4 Å². The topological polar surface area (TPSA) is 92.9 Å². The Morgan fingerprint density at radius 2 is 2.15 bits per heavy atom. The lowest BCUT2D eigenvalue weighted by Gasteiger charge is -2.50. The van der Waals surface area contributed by atoms with E-state index in [1.807, 2.05) is 0 Å². The van der Waals surface area contributed by atoms with Gasteiger partial charge in [-0.05, 0) is 43.0 Å². The van der Waals surface area contributed by atoms with Crippen molar-refractivity contribution in [3.05, 3.63) is 53.9 Å². The molecule has 3 atom stereocenters. The Bertz CT molecular complexity index is 836. The maximum absolute atomic E-state index is 14.9. The second-order valence-corrected chi connectivity index (χ2v) is 8.21. The SMILES string of the molecule is NC1NC2(c3cc(NC(=O)c4ncccn4)ccc3F)CCCCC2CS1. The van der Waals surface area contributed by atoms with Gasteiger partial charge >= 0.3 is 0 Å². The van der Waals surface area contributed by atoms with E-state index >= 15 is 0 Å². The predicted molar refractivity (Wildman–Crippen MR) is 104 cm³/mol. The standard InChI is InChI=1S/C19H22FN5OS/c20-15-6-5-13(24-17(26)16-22-8-3-9-23-16)10-14(15)19-7-2-1-4-12(19)11-27-18(21)25-19/h3,5-6,8-10,12,18,25H,1-2,4,7,11,21H2,(H,24,26). The van der Waals surface area contributed by atoms with Crippen LogP contribution in [0.4, 0.5) is 10.1 Å². The fourth-order valence-corrected chi connectivity index (χ4v) is 5.34. The third-order valence-electron chi connectivity index (χ3n) is 5.42. The van der Waals surface area contributed by atoms with E-state index in [4.69, 9.17) is 5.73 Å². The molecule has 0 spiro atoms. The molecular formula is C19H22FN5OS. The Kier molecular flexibility index (Phi) is 5.12. The number of nitrogens with two attached hydrogens (primary N) is 1. The zero-order valence-corrected chi connectivity index (χ0v) is 15.6. The van der Waals surface area contributed by atoms with E-state index in [0.29, 0.717) is 17.2 Å². The van der Waals surface area contributed by atoms with Crippen LogP contribution in [0.5, 0.6) is 0 Å². The maximum Gasteiger partial charge on any atom is 0.293 e. The third-order valence-corrected chi connectivity index (χ3v) is 6.49. The molecule has 4 N–H and O–H groups in total. The average Bonchev–Trinajstić information content (AvgIpc) is 2.69. The number of aromatic nitrogens is 2. The summed E-state index contributed by atoms with van der Waals surface area (Å²) in [5.74, 6) is 0.597. The Hall–Kier alpha value is -2.03. The van der Waals surface area contributed by atoms with Gasteiger partial charge in [0.25, 0.3) is 5.91 Å². The van der Waals surface area contributed by atoms with Crippen LogP contribution < -0.4 is 16.4 Å². The van der Waals surface area contributed by atoms with E-state index < -0.39 is 11.4 Å². The van der Waals surface area contributed by atoms with Crippen molar-refractivity contribution in [3.63, 3.8) is 0 Å². The molecule has 1 aliphatic carbocycles. The van der Waals surface area contributed by atoms with Crippen LogP contribution in [-0.4, -0.2) is 27.1 Å². The van der Waals surface area contributed by atoms with Crippen molar-refractivity contribution < 1.29 is 9.18 Å². The first-order chi connectivity index (χ1) is 13.1. The van der Waals surface area contributed by atoms with Gasteiger partial charge in [0.2, 0.25) is 5.82 Å². The minimum Gasteiger partial charge on any atom is -0.319 e. The number of nitrogens with one attached hydrogen (secondary N) is 2. The summed E-state index contributed by atoms with van der Waals surface area (Å²) >= 11 is 1.67. The Balaban J connectivity index is 1.66. The summed E-state index contributed by atoms with van der Waals surface area (Å²) in [4.78, 5) is 20.3. The highest BCUT2D eigenvalue weighted by Gasteiger charge is 2.47. The molecule has 1 aromatic heterocycles. The molecule has 2 aliphatic rings. The van der Waals surface area contributed by atoms with Crippen LogP contribution in [0.25, 0.3) is 0 Å². The van der Waals surface area contributed by atoms with Crippen LogP contribution in [0.15, 0.2) is 36.7 Å². The van der Waals surface area contributed by atoms with E-state index in [2.05, 4.69) is 20.6 Å². The van der Waals surface area contributed by atoms with Crippen LogP contribution in [0.2, 0.25) is 0 Å². The van der Waals surface area contributed by atoms with Crippen molar-refractivity contribution >= 4 is 23.4 Å². The molecule has 0 bridgehead atoms. The number of carbonyl (C=O) groups is 1. The number of halogens is 1. The number of carbonyl (C=O) groups excluding carboxylic acids is 1. The number of amides is 1. The molecule has 1 aliphatic heterocycles. The van der Waals surface area contributed by atoms with Crippen molar-refractivity contribution in [2.75, 3.05) is 11.1 Å². The number of rotatable bonds is 3. The fraction of sp³-hybridized carbons (Fsp3) is 0.421. The first-order valence-corrected chi connectivity index (χ1v) is 10.2. The van der Waals surface area contributed by atoms with Gasteiger partial charge in [-0.15, -0.1) is 11.8 Å². The number of nitrogens with zero attached hydrogens (tertiary/aromatic N) is 2. The summed E-state index contributed by atoms with van der Waals surface area (Å²) in [5.41, 5.74) is 6.54. The largest absolute Gasteiger partial charge is 0.319 e. The fourth-order valence-electron chi connectivity index (χ4n) is 4.16. The lowest BCUT2D eigenvalue weighted by molar-refractivity contribution is 0.101. The summed E-state index contributed by atoms with van der Waals surface area (Å²) < 4.78 is 14.9. The molecule has 0 radical (unpaired) electrons. The summed E-state index contributed by atoms with van der Waals surface area (Å²) in [6, 6.07) is 6.34. The van der Waals surface area contributed by atoms with Gasteiger partial charge < -0.3 is 11.1 Å². The van der Waals surface area contributed by atoms with Crippen LogP contribution in [-0.2, 0) is 5.54 Å². The molecule has 2 fully saturated rings. The summed E-state index contributed by atoms with van der Waals surface area (Å²) in [7, 11) is 0. The zero-order chi connectivity index (χ0) is 18.9. The molecule has 1 saturated heterocycles.